The molecule has 7 nitrogen and oxygen atoms in total. The highest BCUT2D eigenvalue weighted by atomic mass is 32.2. The number of carbonyl (C=O) groups is 2. The average molecular weight is 386 g/mol. The molecule has 0 saturated carbocycles. The van der Waals surface area contributed by atoms with Crippen LogP contribution >= 0.6 is 11.8 Å². The molecule has 2 saturated heterocycles. The minimum absolute atomic E-state index is 0.235. The first-order valence-corrected chi connectivity index (χ1v) is 9.67. The van der Waals surface area contributed by atoms with Gasteiger partial charge < -0.3 is 4.74 Å². The van der Waals surface area contributed by atoms with Gasteiger partial charge in [-0.2, -0.15) is 5.10 Å². The molecule has 2 aliphatic rings. The summed E-state index contributed by atoms with van der Waals surface area (Å²) in [5.41, 5.74) is 2.20. The predicted octanol–water partition coefficient (Wildman–Crippen LogP) is 2.28. The average Bonchev–Trinajstić information content (AvgIpc) is 3.02. The highest BCUT2D eigenvalue weighted by molar-refractivity contribution is 8.18. The van der Waals surface area contributed by atoms with E-state index in [4.69, 9.17) is 0 Å². The summed E-state index contributed by atoms with van der Waals surface area (Å²) in [5, 5.41) is 11.0. The molecule has 1 amide bonds. The molecule has 1 N–H and O–H groups in total. The maximum Gasteiger partial charge on any atom is 0.331 e. The second-order valence-corrected chi connectivity index (χ2v) is 7.35. The van der Waals surface area contributed by atoms with Crippen LogP contribution < -0.4 is 5.32 Å². The smallest absolute Gasteiger partial charge is 0.331 e. The van der Waals surface area contributed by atoms with Gasteiger partial charge in [-0.15, -0.1) is 5.10 Å². The predicted molar refractivity (Wildman–Crippen MR) is 106 cm³/mol. The van der Waals surface area contributed by atoms with E-state index in [1.807, 2.05) is 12.1 Å². The first kappa shape index (κ1) is 19.3. The fourth-order valence-corrected chi connectivity index (χ4v) is 3.68. The van der Waals surface area contributed by atoms with Crippen LogP contribution in [-0.2, 0) is 20.9 Å². The molecule has 0 spiro atoms. The number of amides is 1. The van der Waals surface area contributed by atoms with E-state index in [-0.39, 0.29) is 10.8 Å². The maximum atomic E-state index is 11.8. The van der Waals surface area contributed by atoms with Gasteiger partial charge in [-0.3, -0.25) is 15.0 Å². The summed E-state index contributed by atoms with van der Waals surface area (Å²) in [5.74, 6) is -0.967. The molecule has 27 heavy (non-hydrogen) atoms. The number of methoxy groups -OCH3 is 1. The molecule has 0 aliphatic carbocycles. The number of nitrogens with zero attached hydrogens (tertiary/aromatic N) is 3. The number of amidine groups is 1. The van der Waals surface area contributed by atoms with Gasteiger partial charge in [0.1, 0.15) is 0 Å². The van der Waals surface area contributed by atoms with Gasteiger partial charge in [0.2, 0.25) is 0 Å². The third kappa shape index (κ3) is 5.77. The summed E-state index contributed by atoms with van der Waals surface area (Å²) in [6.45, 7) is 3.26. The molecular formula is C19H22N4O3S. The van der Waals surface area contributed by atoms with Crippen molar-refractivity contribution in [3.8, 4) is 0 Å². The summed E-state index contributed by atoms with van der Waals surface area (Å²) >= 11 is 1.05. The van der Waals surface area contributed by atoms with Gasteiger partial charge >= 0.3 is 5.97 Å². The Kier molecular flexibility index (Phi) is 6.78. The standard InChI is InChI=1S/C19H22N4O3S/c1-26-17(24)11-16-18(25)21-19(27-16)22-20-12-14-6-5-7-15(10-14)13-23-8-3-2-4-9-23/h5-7,10-12H,2-4,8-9,13H2,1H3,(H,21,22,25)/b16-11+,20-12?. The van der Waals surface area contributed by atoms with Gasteiger partial charge in [-0.1, -0.05) is 24.6 Å². The lowest BCUT2D eigenvalue weighted by Gasteiger charge is -2.26. The number of carbonyl (C=O) groups excluding carboxylic acids is 2. The Bertz CT molecular complexity index is 798. The van der Waals surface area contributed by atoms with Crippen molar-refractivity contribution >= 4 is 35.0 Å². The lowest BCUT2D eigenvalue weighted by Crippen LogP contribution is -2.29. The Morgan fingerprint density at radius 2 is 2.15 bits per heavy atom. The van der Waals surface area contributed by atoms with Crippen LogP contribution in [0.4, 0.5) is 0 Å². The van der Waals surface area contributed by atoms with Gasteiger partial charge in [-0.05, 0) is 54.9 Å². The van der Waals surface area contributed by atoms with Crippen molar-refractivity contribution < 1.29 is 14.3 Å². The van der Waals surface area contributed by atoms with Crippen LogP contribution in [0.2, 0.25) is 0 Å². The Hall–Kier alpha value is -2.45. The first-order chi connectivity index (χ1) is 13.1. The Morgan fingerprint density at radius 1 is 1.33 bits per heavy atom. The summed E-state index contributed by atoms with van der Waals surface area (Å²) in [6.07, 6.45) is 6.66. The van der Waals surface area contributed by atoms with Crippen LogP contribution in [0.1, 0.15) is 30.4 Å². The molecule has 1 aromatic carbocycles. The molecule has 0 unspecified atom stereocenters. The Labute approximate surface area is 162 Å². The molecule has 0 radical (unpaired) electrons. The van der Waals surface area contributed by atoms with Crippen molar-refractivity contribution in [1.29, 1.82) is 0 Å². The molecule has 0 atom stereocenters. The quantitative estimate of drug-likeness (QED) is 0.363. The molecule has 1 aromatic rings. The zero-order valence-corrected chi connectivity index (χ0v) is 16.0. The number of benzene rings is 1. The fourth-order valence-electron chi connectivity index (χ4n) is 2.94. The molecule has 0 bridgehead atoms. The van der Waals surface area contributed by atoms with Gasteiger partial charge in [0.25, 0.3) is 5.91 Å². The van der Waals surface area contributed by atoms with Crippen LogP contribution in [0.25, 0.3) is 0 Å². The zero-order valence-electron chi connectivity index (χ0n) is 15.2. The third-order valence-corrected chi connectivity index (χ3v) is 5.16. The summed E-state index contributed by atoms with van der Waals surface area (Å²) < 4.78 is 4.52. The minimum atomic E-state index is -0.581. The monoisotopic (exact) mass is 386 g/mol. The number of nitrogens with one attached hydrogen (secondary N) is 1. The largest absolute Gasteiger partial charge is 0.466 e. The lowest BCUT2D eigenvalue weighted by atomic mass is 10.1. The molecule has 2 heterocycles. The maximum absolute atomic E-state index is 11.8. The number of likely N-dealkylation sites (tertiary alicyclic amines) is 1. The number of rotatable bonds is 5. The highest BCUT2D eigenvalue weighted by Gasteiger charge is 2.25. The number of hydrogen-bond donors (Lipinski definition) is 1. The van der Waals surface area contributed by atoms with E-state index in [9.17, 15) is 9.59 Å². The van der Waals surface area contributed by atoms with E-state index in [0.717, 1.165) is 43.0 Å². The second-order valence-electron chi connectivity index (χ2n) is 6.32. The van der Waals surface area contributed by atoms with Gasteiger partial charge in [0.05, 0.1) is 18.2 Å². The lowest BCUT2D eigenvalue weighted by molar-refractivity contribution is -0.135. The van der Waals surface area contributed by atoms with E-state index < -0.39 is 5.97 Å². The van der Waals surface area contributed by atoms with E-state index >= 15 is 0 Å². The van der Waals surface area contributed by atoms with Crippen molar-refractivity contribution in [2.24, 2.45) is 10.2 Å². The molecule has 3 rings (SSSR count). The van der Waals surface area contributed by atoms with Gasteiger partial charge in [-0.25, -0.2) is 4.79 Å². The molecule has 142 valence electrons. The van der Waals surface area contributed by atoms with Crippen LogP contribution in [-0.4, -0.2) is 48.4 Å². The molecule has 0 aromatic heterocycles. The Balaban J connectivity index is 1.60. The zero-order chi connectivity index (χ0) is 19.1. The molecule has 2 aliphatic heterocycles. The third-order valence-electron chi connectivity index (χ3n) is 4.26. The summed E-state index contributed by atoms with van der Waals surface area (Å²) in [7, 11) is 1.26. The molecule has 2 fully saturated rings. The van der Waals surface area contributed by atoms with Crippen molar-refractivity contribution in [1.82, 2.24) is 10.2 Å². The van der Waals surface area contributed by atoms with Crippen LogP contribution in [0.15, 0.2) is 45.4 Å². The molecule has 8 heteroatoms. The summed E-state index contributed by atoms with van der Waals surface area (Å²) in [4.78, 5) is 25.7. The van der Waals surface area contributed by atoms with Crippen LogP contribution in [0, 0.1) is 0 Å². The summed E-state index contributed by atoms with van der Waals surface area (Å²) in [6, 6.07) is 8.19. The number of esters is 1. The Morgan fingerprint density at radius 3 is 2.93 bits per heavy atom. The van der Waals surface area contributed by atoms with E-state index in [1.54, 1.807) is 6.21 Å². The highest BCUT2D eigenvalue weighted by Crippen LogP contribution is 2.23. The minimum Gasteiger partial charge on any atom is -0.466 e. The van der Waals surface area contributed by atoms with Crippen molar-refractivity contribution in [2.45, 2.75) is 25.8 Å². The number of thioether (sulfide) groups is 1. The van der Waals surface area contributed by atoms with E-state index in [2.05, 4.69) is 37.3 Å². The van der Waals surface area contributed by atoms with Crippen molar-refractivity contribution in [3.63, 3.8) is 0 Å². The molecular weight excluding hydrogens is 364 g/mol. The number of hydrogen-bond acceptors (Lipinski definition) is 7. The van der Waals surface area contributed by atoms with Crippen LogP contribution in [0.3, 0.4) is 0 Å². The van der Waals surface area contributed by atoms with E-state index in [1.165, 1.54) is 31.9 Å². The van der Waals surface area contributed by atoms with Gasteiger partial charge in [0.15, 0.2) is 5.17 Å². The van der Waals surface area contributed by atoms with Crippen LogP contribution in [0.5, 0.6) is 0 Å². The van der Waals surface area contributed by atoms with Crippen molar-refractivity contribution in [2.75, 3.05) is 20.2 Å². The second kappa shape index (κ2) is 9.48. The number of ether oxygens (including phenoxy) is 1. The fraction of sp³-hybridized carbons (Fsp3) is 0.368. The van der Waals surface area contributed by atoms with E-state index in [0.29, 0.717) is 5.17 Å². The number of piperidine rings is 1. The SMILES string of the molecule is COC(=O)/C=C1/S/C(=N\N=Cc2cccc(CN3CCCCC3)c2)NC1=O. The first-order valence-electron chi connectivity index (χ1n) is 8.85. The van der Waals surface area contributed by atoms with Gasteiger partial charge in [0, 0.05) is 12.6 Å². The normalized spacial score (nSPS) is 21.1. The van der Waals surface area contributed by atoms with Crippen molar-refractivity contribution in [3.05, 3.63) is 46.4 Å². The topological polar surface area (TPSA) is 83.4 Å².